The van der Waals surface area contributed by atoms with Gasteiger partial charge in [-0.05, 0) is 36.8 Å². The molecular formula is C25H24N6O2S. The standard InChI is InChI=1S/C25H24N6O2S/c1-16(19-8-3-4-11-26-19)28-24-27-12-9-20(30-24)21-15-34-22(29-21)17-6-5-7-18(14-17)25(33)10-13-31(2)23(25)32/h3-9,11-12,14-16,33H,10,13H2,1-2H3,(H,27,28,30)/t16-,25+/m0/s1. The maximum atomic E-state index is 12.5. The molecule has 4 aromatic rings. The fraction of sp³-hybridized carbons (Fsp3) is 0.240. The summed E-state index contributed by atoms with van der Waals surface area (Å²) in [4.78, 5) is 32.2. The fourth-order valence-corrected chi connectivity index (χ4v) is 4.84. The zero-order chi connectivity index (χ0) is 23.7. The number of rotatable bonds is 6. The summed E-state index contributed by atoms with van der Waals surface area (Å²) in [5, 5.41) is 17.0. The molecule has 34 heavy (non-hydrogen) atoms. The molecule has 0 aliphatic carbocycles. The second kappa shape index (κ2) is 8.92. The molecule has 9 heteroatoms. The molecule has 1 amide bonds. The number of hydrogen-bond donors (Lipinski definition) is 2. The number of hydrogen-bond acceptors (Lipinski definition) is 8. The van der Waals surface area contributed by atoms with E-state index in [1.807, 2.05) is 54.8 Å². The van der Waals surface area contributed by atoms with E-state index in [1.165, 1.54) is 11.3 Å². The van der Waals surface area contributed by atoms with Gasteiger partial charge in [0.25, 0.3) is 5.91 Å². The van der Waals surface area contributed by atoms with Crippen molar-refractivity contribution in [1.82, 2.24) is 24.8 Å². The van der Waals surface area contributed by atoms with Gasteiger partial charge in [-0.2, -0.15) is 0 Å². The summed E-state index contributed by atoms with van der Waals surface area (Å²) in [6, 6.07) is 15.0. The minimum absolute atomic E-state index is 0.0478. The van der Waals surface area contributed by atoms with Crippen molar-refractivity contribution in [2.45, 2.75) is 25.0 Å². The Morgan fingerprint density at radius 1 is 1.09 bits per heavy atom. The van der Waals surface area contributed by atoms with Gasteiger partial charge in [-0.3, -0.25) is 9.78 Å². The van der Waals surface area contributed by atoms with Gasteiger partial charge in [-0.25, -0.2) is 15.0 Å². The van der Waals surface area contributed by atoms with Gasteiger partial charge in [0.05, 0.1) is 17.4 Å². The lowest BCUT2D eigenvalue weighted by Gasteiger charge is -2.21. The third-order valence-corrected chi connectivity index (χ3v) is 6.89. The molecule has 2 N–H and O–H groups in total. The molecule has 1 fully saturated rings. The number of anilines is 1. The number of aromatic nitrogens is 4. The highest BCUT2D eigenvalue weighted by Crippen LogP contribution is 2.36. The van der Waals surface area contributed by atoms with Gasteiger partial charge in [-0.15, -0.1) is 11.3 Å². The van der Waals surface area contributed by atoms with E-state index in [0.29, 0.717) is 30.2 Å². The number of carbonyl (C=O) groups is 1. The van der Waals surface area contributed by atoms with Gasteiger partial charge in [0.1, 0.15) is 10.7 Å². The van der Waals surface area contributed by atoms with Crippen LogP contribution in [0.4, 0.5) is 5.95 Å². The minimum atomic E-state index is -1.48. The van der Waals surface area contributed by atoms with Crippen LogP contribution in [0.3, 0.4) is 0 Å². The van der Waals surface area contributed by atoms with Gasteiger partial charge in [0, 0.05) is 43.4 Å². The number of likely N-dealkylation sites (tertiary alicyclic amines) is 1. The molecule has 3 aromatic heterocycles. The molecule has 0 saturated carbocycles. The Morgan fingerprint density at radius 3 is 2.74 bits per heavy atom. The number of likely N-dealkylation sites (N-methyl/N-ethyl adjacent to an activating group) is 1. The van der Waals surface area contributed by atoms with E-state index in [-0.39, 0.29) is 11.9 Å². The number of carbonyl (C=O) groups excluding carboxylic acids is 1. The Balaban J connectivity index is 1.38. The summed E-state index contributed by atoms with van der Waals surface area (Å²) in [5.41, 5.74) is 2.30. The van der Waals surface area contributed by atoms with Crippen LogP contribution in [-0.2, 0) is 10.4 Å². The molecule has 5 rings (SSSR count). The number of thiazole rings is 1. The van der Waals surface area contributed by atoms with Crippen LogP contribution in [-0.4, -0.2) is 49.4 Å². The Labute approximate surface area is 201 Å². The van der Waals surface area contributed by atoms with Crippen molar-refractivity contribution < 1.29 is 9.90 Å². The predicted molar refractivity (Wildman–Crippen MR) is 131 cm³/mol. The molecule has 172 valence electrons. The predicted octanol–water partition coefficient (Wildman–Crippen LogP) is 3.88. The Kier molecular flexibility index (Phi) is 5.80. The molecule has 8 nitrogen and oxygen atoms in total. The SMILES string of the molecule is C[C@H](Nc1nccc(-c2csc(-c3cccc([C@]4(O)CCN(C)C4=O)c3)n2)n1)c1ccccn1. The molecule has 1 aliphatic rings. The van der Waals surface area contributed by atoms with Crippen LogP contribution in [0, 0.1) is 0 Å². The van der Waals surface area contributed by atoms with Crippen LogP contribution >= 0.6 is 11.3 Å². The fourth-order valence-electron chi connectivity index (χ4n) is 4.03. The number of amides is 1. The van der Waals surface area contributed by atoms with Crippen molar-refractivity contribution >= 4 is 23.2 Å². The number of pyridine rings is 1. The van der Waals surface area contributed by atoms with Gasteiger partial charge in [0.15, 0.2) is 5.60 Å². The first-order valence-electron chi connectivity index (χ1n) is 11.0. The summed E-state index contributed by atoms with van der Waals surface area (Å²) in [7, 11) is 1.71. The zero-order valence-electron chi connectivity index (χ0n) is 18.8. The second-order valence-electron chi connectivity index (χ2n) is 8.34. The highest BCUT2D eigenvalue weighted by atomic mass is 32.1. The van der Waals surface area contributed by atoms with Gasteiger partial charge in [-0.1, -0.05) is 24.3 Å². The van der Waals surface area contributed by atoms with E-state index < -0.39 is 5.60 Å². The molecule has 1 aliphatic heterocycles. The maximum absolute atomic E-state index is 12.5. The van der Waals surface area contributed by atoms with Crippen LogP contribution in [0.2, 0.25) is 0 Å². The first-order valence-corrected chi connectivity index (χ1v) is 11.9. The number of nitrogens with one attached hydrogen (secondary N) is 1. The Morgan fingerprint density at radius 2 is 1.97 bits per heavy atom. The van der Waals surface area contributed by atoms with Crippen molar-refractivity contribution in [3.8, 4) is 22.0 Å². The second-order valence-corrected chi connectivity index (χ2v) is 9.20. The lowest BCUT2D eigenvalue weighted by Crippen LogP contribution is -2.36. The summed E-state index contributed by atoms with van der Waals surface area (Å²) in [5.74, 6) is 0.226. The van der Waals surface area contributed by atoms with Crippen LogP contribution in [0.5, 0.6) is 0 Å². The van der Waals surface area contributed by atoms with Crippen molar-refractivity contribution in [1.29, 1.82) is 0 Å². The van der Waals surface area contributed by atoms with E-state index in [0.717, 1.165) is 22.0 Å². The summed E-state index contributed by atoms with van der Waals surface area (Å²) in [6.45, 7) is 2.54. The summed E-state index contributed by atoms with van der Waals surface area (Å²) >= 11 is 1.49. The van der Waals surface area contributed by atoms with Crippen LogP contribution in [0.15, 0.2) is 66.3 Å². The molecule has 1 saturated heterocycles. The van der Waals surface area contributed by atoms with Gasteiger partial charge in [0.2, 0.25) is 5.95 Å². The van der Waals surface area contributed by atoms with Gasteiger partial charge < -0.3 is 15.3 Å². The molecule has 0 radical (unpaired) electrons. The topological polar surface area (TPSA) is 104 Å². The third kappa shape index (κ3) is 4.15. The number of benzene rings is 1. The maximum Gasteiger partial charge on any atom is 0.258 e. The molecule has 0 unspecified atom stereocenters. The Bertz CT molecular complexity index is 1330. The molecular weight excluding hydrogens is 448 g/mol. The quantitative estimate of drug-likeness (QED) is 0.439. The Hall–Kier alpha value is -3.69. The first kappa shape index (κ1) is 22.1. The van der Waals surface area contributed by atoms with Crippen molar-refractivity contribution in [2.24, 2.45) is 0 Å². The van der Waals surface area contributed by atoms with Crippen molar-refractivity contribution in [2.75, 3.05) is 18.9 Å². The number of nitrogens with zero attached hydrogens (tertiary/aromatic N) is 5. The summed E-state index contributed by atoms with van der Waals surface area (Å²) in [6.07, 6.45) is 3.84. The lowest BCUT2D eigenvalue weighted by atomic mass is 9.91. The largest absolute Gasteiger partial charge is 0.375 e. The molecule has 0 spiro atoms. The summed E-state index contributed by atoms with van der Waals surface area (Å²) < 4.78 is 0. The third-order valence-electron chi connectivity index (χ3n) is 6.00. The van der Waals surface area contributed by atoms with E-state index in [4.69, 9.17) is 4.98 Å². The minimum Gasteiger partial charge on any atom is -0.375 e. The van der Waals surface area contributed by atoms with Gasteiger partial charge >= 0.3 is 0 Å². The lowest BCUT2D eigenvalue weighted by molar-refractivity contribution is -0.143. The van der Waals surface area contributed by atoms with E-state index in [9.17, 15) is 9.90 Å². The van der Waals surface area contributed by atoms with Crippen molar-refractivity contribution in [3.63, 3.8) is 0 Å². The average molecular weight is 473 g/mol. The van der Waals surface area contributed by atoms with E-state index in [2.05, 4.69) is 20.3 Å². The first-order chi connectivity index (χ1) is 16.4. The molecule has 1 aromatic carbocycles. The molecule has 4 heterocycles. The highest BCUT2D eigenvalue weighted by Gasteiger charge is 2.45. The van der Waals surface area contributed by atoms with Crippen LogP contribution in [0.25, 0.3) is 22.0 Å². The van der Waals surface area contributed by atoms with E-state index >= 15 is 0 Å². The van der Waals surface area contributed by atoms with Crippen LogP contribution < -0.4 is 5.32 Å². The van der Waals surface area contributed by atoms with E-state index in [1.54, 1.807) is 30.4 Å². The molecule has 2 atom stereocenters. The zero-order valence-corrected chi connectivity index (χ0v) is 19.7. The molecule has 0 bridgehead atoms. The normalized spacial score (nSPS) is 18.8. The van der Waals surface area contributed by atoms with Crippen LogP contribution in [0.1, 0.15) is 30.6 Å². The van der Waals surface area contributed by atoms with Crippen molar-refractivity contribution in [3.05, 3.63) is 77.6 Å². The average Bonchev–Trinajstić information content (AvgIpc) is 3.47. The monoisotopic (exact) mass is 472 g/mol. The number of aliphatic hydroxyl groups is 1. The highest BCUT2D eigenvalue weighted by molar-refractivity contribution is 7.13. The smallest absolute Gasteiger partial charge is 0.258 e.